The highest BCUT2D eigenvalue weighted by Gasteiger charge is 2.55. The molecule has 2 bridgehead atoms. The monoisotopic (exact) mass is 362 g/mol. The number of anilines is 1. The largest absolute Gasteiger partial charge is 0.474 e. The van der Waals surface area contributed by atoms with Gasteiger partial charge in [0.1, 0.15) is 5.41 Å². The molecule has 0 atom stereocenters. The van der Waals surface area contributed by atoms with Gasteiger partial charge in [-0.3, -0.25) is 18.4 Å². The predicted octanol–water partition coefficient (Wildman–Crippen LogP) is 2.32. The van der Waals surface area contributed by atoms with Crippen molar-refractivity contribution in [3.63, 3.8) is 0 Å². The van der Waals surface area contributed by atoms with Gasteiger partial charge in [-0.2, -0.15) is 0 Å². The van der Waals surface area contributed by atoms with Crippen LogP contribution in [0, 0.1) is 5.41 Å². The maximum absolute atomic E-state index is 12.4. The van der Waals surface area contributed by atoms with Gasteiger partial charge in [-0.15, -0.1) is 0 Å². The molecule has 1 aromatic carbocycles. The van der Waals surface area contributed by atoms with Gasteiger partial charge in [-0.1, -0.05) is 23.7 Å². The molecule has 3 heterocycles. The molecule has 22 heavy (non-hydrogen) atoms. The summed E-state index contributed by atoms with van der Waals surface area (Å²) >= 11 is 11.1. The summed E-state index contributed by atoms with van der Waals surface area (Å²) in [5.41, 5.74) is -0.481. The maximum atomic E-state index is 12.4. The van der Waals surface area contributed by atoms with Crippen molar-refractivity contribution >= 4 is 48.3 Å². The average Bonchev–Trinajstić information content (AvgIpc) is 2.50. The third-order valence-corrected chi connectivity index (χ3v) is 5.20. The lowest BCUT2D eigenvalue weighted by Crippen LogP contribution is -2.56. The second-order valence-electron chi connectivity index (χ2n) is 4.94. The molecule has 3 fully saturated rings. The number of carbonyl (C=O) groups excluding carboxylic acids is 1. The van der Waals surface area contributed by atoms with E-state index in [1.807, 2.05) is 0 Å². The Morgan fingerprint density at radius 1 is 1.23 bits per heavy atom. The first kappa shape index (κ1) is 15.9. The summed E-state index contributed by atoms with van der Waals surface area (Å²) in [5.74, 6) is -0.428. The van der Waals surface area contributed by atoms with E-state index < -0.39 is 19.1 Å². The molecule has 118 valence electrons. The Balaban J connectivity index is 1.64. The van der Waals surface area contributed by atoms with Crippen molar-refractivity contribution in [1.82, 2.24) is 5.32 Å². The second kappa shape index (κ2) is 5.88. The van der Waals surface area contributed by atoms with Crippen molar-refractivity contribution in [1.29, 1.82) is 0 Å². The molecule has 0 radical (unpaired) electrons. The summed E-state index contributed by atoms with van der Waals surface area (Å²) in [6.07, 6.45) is 0. The van der Waals surface area contributed by atoms with E-state index in [0.29, 0.717) is 10.7 Å². The minimum absolute atomic E-state index is 0.0369. The van der Waals surface area contributed by atoms with Crippen LogP contribution in [-0.4, -0.2) is 30.8 Å². The van der Waals surface area contributed by atoms with Crippen LogP contribution >= 0.6 is 31.6 Å². The zero-order valence-electron chi connectivity index (χ0n) is 11.2. The Labute approximate surface area is 136 Å². The Morgan fingerprint density at radius 2 is 1.82 bits per heavy atom. The molecular formula is C12H12ClN2O5PS. The van der Waals surface area contributed by atoms with Crippen LogP contribution in [0.15, 0.2) is 24.3 Å². The summed E-state index contributed by atoms with van der Waals surface area (Å²) in [6, 6.07) is 6.99. The molecule has 0 aliphatic carbocycles. The molecular weight excluding hydrogens is 351 g/mol. The Bertz CT molecular complexity index is 654. The van der Waals surface area contributed by atoms with Crippen molar-refractivity contribution < 1.29 is 22.9 Å². The van der Waals surface area contributed by atoms with Crippen molar-refractivity contribution in [3.05, 3.63) is 29.3 Å². The number of halogens is 1. The lowest BCUT2D eigenvalue weighted by atomic mass is 9.90. The summed E-state index contributed by atoms with van der Waals surface area (Å²) in [4.78, 5) is 12.4. The highest BCUT2D eigenvalue weighted by Crippen LogP contribution is 2.59. The topological polar surface area (TPSA) is 85.9 Å². The van der Waals surface area contributed by atoms with Gasteiger partial charge in [-0.25, -0.2) is 4.57 Å². The van der Waals surface area contributed by atoms with Gasteiger partial charge < -0.3 is 10.6 Å². The maximum Gasteiger partial charge on any atom is 0.474 e. The highest BCUT2D eigenvalue weighted by atomic mass is 35.5. The highest BCUT2D eigenvalue weighted by molar-refractivity contribution is 7.80. The Hall–Kier alpha value is -1.02. The molecule has 0 spiro atoms. The zero-order chi connectivity index (χ0) is 15.8. The van der Waals surface area contributed by atoms with E-state index in [4.69, 9.17) is 37.4 Å². The number of phosphoric acid groups is 1. The van der Waals surface area contributed by atoms with Crippen LogP contribution in [-0.2, 0) is 22.9 Å². The van der Waals surface area contributed by atoms with E-state index in [1.165, 1.54) is 0 Å². The lowest BCUT2D eigenvalue weighted by molar-refractivity contribution is -0.150. The molecule has 3 saturated heterocycles. The minimum Gasteiger partial charge on any atom is -0.331 e. The van der Waals surface area contributed by atoms with Crippen LogP contribution in [0.4, 0.5) is 5.69 Å². The zero-order valence-corrected chi connectivity index (χ0v) is 13.7. The van der Waals surface area contributed by atoms with Crippen molar-refractivity contribution in [2.45, 2.75) is 0 Å². The summed E-state index contributed by atoms with van der Waals surface area (Å²) in [7, 11) is -3.45. The van der Waals surface area contributed by atoms with Crippen LogP contribution in [0.1, 0.15) is 0 Å². The van der Waals surface area contributed by atoms with E-state index in [9.17, 15) is 9.36 Å². The molecule has 2 N–H and O–H groups in total. The van der Waals surface area contributed by atoms with Crippen molar-refractivity contribution in [3.8, 4) is 0 Å². The number of fused-ring (bicyclic) bond motifs is 3. The van der Waals surface area contributed by atoms with E-state index >= 15 is 0 Å². The molecule has 0 saturated carbocycles. The normalized spacial score (nSPS) is 29.9. The van der Waals surface area contributed by atoms with Gasteiger partial charge in [-0.05, 0) is 24.4 Å². The van der Waals surface area contributed by atoms with Crippen LogP contribution in [0.5, 0.6) is 0 Å². The van der Waals surface area contributed by atoms with Gasteiger partial charge in [0.05, 0.1) is 30.5 Å². The number of benzene rings is 1. The van der Waals surface area contributed by atoms with Gasteiger partial charge in [0.15, 0.2) is 5.11 Å². The molecule has 10 heteroatoms. The van der Waals surface area contributed by atoms with E-state index in [-0.39, 0.29) is 24.9 Å². The number of rotatable bonds is 2. The van der Waals surface area contributed by atoms with Gasteiger partial charge in [0.2, 0.25) is 5.91 Å². The van der Waals surface area contributed by atoms with Crippen molar-refractivity contribution in [2.75, 3.05) is 25.1 Å². The van der Waals surface area contributed by atoms with E-state index in [2.05, 4.69) is 10.6 Å². The number of carbonyl (C=O) groups is 1. The molecule has 1 amide bonds. The van der Waals surface area contributed by atoms with Crippen molar-refractivity contribution in [2.24, 2.45) is 5.41 Å². The van der Waals surface area contributed by atoms with Gasteiger partial charge >= 0.3 is 7.82 Å². The van der Waals surface area contributed by atoms with Crippen LogP contribution in [0.3, 0.4) is 0 Å². The summed E-state index contributed by atoms with van der Waals surface area (Å²) < 4.78 is 26.6. The molecule has 0 aromatic heterocycles. The predicted molar refractivity (Wildman–Crippen MR) is 83.7 cm³/mol. The number of nitrogens with one attached hydrogen (secondary N) is 2. The summed E-state index contributed by atoms with van der Waals surface area (Å²) in [5, 5.41) is 5.94. The fraction of sp³-hybridized carbons (Fsp3) is 0.333. The third kappa shape index (κ3) is 3.03. The molecule has 7 nitrogen and oxygen atoms in total. The lowest BCUT2D eigenvalue weighted by Gasteiger charge is -2.42. The standard InChI is InChI=1S/C12H12ClN2O5PS/c13-8-3-1-2-4-9(8)14-11(22)15-10(16)12-5-18-21(17,19-6-12)20-7-12/h1-4H,5-7H2,(H2,14,15,16,22). The number of phosphoric ester groups is 1. The average molecular weight is 363 g/mol. The van der Waals surface area contributed by atoms with E-state index in [0.717, 1.165) is 0 Å². The van der Waals surface area contributed by atoms with Crippen LogP contribution in [0.2, 0.25) is 5.02 Å². The van der Waals surface area contributed by atoms with E-state index in [1.54, 1.807) is 24.3 Å². The van der Waals surface area contributed by atoms with Gasteiger partial charge in [0.25, 0.3) is 0 Å². The fourth-order valence-electron chi connectivity index (χ4n) is 1.99. The molecule has 3 aliphatic heterocycles. The first-order valence-corrected chi connectivity index (χ1v) is 8.58. The number of hydrogen-bond acceptors (Lipinski definition) is 6. The van der Waals surface area contributed by atoms with Gasteiger partial charge in [0, 0.05) is 0 Å². The number of para-hydroxylation sites is 1. The SMILES string of the molecule is O=C(NC(=S)Nc1ccccc1Cl)C12COP(=O)(OC1)OC2. The minimum atomic E-state index is -3.45. The van der Waals surface area contributed by atoms with Crippen LogP contribution < -0.4 is 10.6 Å². The molecule has 4 rings (SSSR count). The first-order valence-electron chi connectivity index (χ1n) is 6.33. The molecule has 3 aliphatic rings. The molecule has 1 aromatic rings. The Kier molecular flexibility index (Phi) is 4.24. The smallest absolute Gasteiger partial charge is 0.331 e. The second-order valence-corrected chi connectivity index (χ2v) is 7.42. The molecule has 0 unspecified atom stereocenters. The third-order valence-electron chi connectivity index (χ3n) is 3.33. The summed E-state index contributed by atoms with van der Waals surface area (Å²) in [6.45, 7) is -0.111. The quantitative estimate of drug-likeness (QED) is 0.616. The number of thiocarbonyl (C=S) groups is 1. The number of hydrogen-bond donors (Lipinski definition) is 2. The van der Waals surface area contributed by atoms with Crippen LogP contribution in [0.25, 0.3) is 0 Å². The fourth-order valence-corrected chi connectivity index (χ4v) is 3.82. The first-order chi connectivity index (χ1) is 10.4. The Morgan fingerprint density at radius 3 is 2.41 bits per heavy atom. The number of amides is 1.